The van der Waals surface area contributed by atoms with E-state index < -0.39 is 5.97 Å². The third-order valence-electron chi connectivity index (χ3n) is 3.15. The Balaban J connectivity index is 2.29. The molecule has 0 amide bonds. The van der Waals surface area contributed by atoms with Gasteiger partial charge in [0, 0.05) is 6.54 Å². The van der Waals surface area contributed by atoms with Gasteiger partial charge >= 0.3 is 5.97 Å². The standard InChI is InChI=1S/C11H22N2O2/c1-3-12-6-4-11(2)5-7-13(9-11)8-10(14)15/h12H,3-9H2,1-2H3,(H,14,15). The summed E-state index contributed by atoms with van der Waals surface area (Å²) in [6.45, 7) is 8.44. The minimum absolute atomic E-state index is 0.191. The fourth-order valence-corrected chi connectivity index (χ4v) is 2.22. The maximum absolute atomic E-state index is 10.6. The van der Waals surface area contributed by atoms with Crippen molar-refractivity contribution >= 4 is 5.97 Å². The van der Waals surface area contributed by atoms with Gasteiger partial charge in [-0.3, -0.25) is 9.69 Å². The fourth-order valence-electron chi connectivity index (χ4n) is 2.22. The molecule has 88 valence electrons. The Hall–Kier alpha value is -0.610. The number of nitrogens with zero attached hydrogens (tertiary/aromatic N) is 1. The van der Waals surface area contributed by atoms with Crippen LogP contribution in [0.15, 0.2) is 0 Å². The molecular formula is C11H22N2O2. The Kier molecular flexibility index (Phi) is 4.54. The van der Waals surface area contributed by atoms with Gasteiger partial charge in [-0.2, -0.15) is 0 Å². The van der Waals surface area contributed by atoms with Crippen LogP contribution < -0.4 is 5.32 Å². The van der Waals surface area contributed by atoms with Crippen molar-refractivity contribution in [3.8, 4) is 0 Å². The summed E-state index contributed by atoms with van der Waals surface area (Å²) in [5.41, 5.74) is 0.303. The summed E-state index contributed by atoms with van der Waals surface area (Å²) in [7, 11) is 0. The number of carboxylic acids is 1. The van der Waals surface area contributed by atoms with Gasteiger partial charge < -0.3 is 10.4 Å². The SMILES string of the molecule is CCNCCC1(C)CCN(CC(=O)O)C1. The highest BCUT2D eigenvalue weighted by Gasteiger charge is 2.33. The smallest absolute Gasteiger partial charge is 0.317 e. The Bertz CT molecular complexity index is 221. The zero-order valence-corrected chi connectivity index (χ0v) is 9.75. The van der Waals surface area contributed by atoms with Crippen LogP contribution in [0.1, 0.15) is 26.7 Å². The van der Waals surface area contributed by atoms with E-state index in [4.69, 9.17) is 5.11 Å². The van der Waals surface area contributed by atoms with E-state index in [9.17, 15) is 4.79 Å². The monoisotopic (exact) mass is 214 g/mol. The first kappa shape index (κ1) is 12.5. The number of hydrogen-bond donors (Lipinski definition) is 2. The van der Waals surface area contributed by atoms with Crippen molar-refractivity contribution < 1.29 is 9.90 Å². The van der Waals surface area contributed by atoms with E-state index in [1.165, 1.54) is 0 Å². The number of rotatable bonds is 6. The van der Waals surface area contributed by atoms with Crippen molar-refractivity contribution in [3.63, 3.8) is 0 Å². The second kappa shape index (κ2) is 5.47. The summed E-state index contributed by atoms with van der Waals surface area (Å²) in [6, 6.07) is 0. The van der Waals surface area contributed by atoms with Crippen LogP contribution in [0.5, 0.6) is 0 Å². The van der Waals surface area contributed by atoms with Crippen molar-refractivity contribution in [2.24, 2.45) is 5.41 Å². The molecule has 15 heavy (non-hydrogen) atoms. The van der Waals surface area contributed by atoms with E-state index in [1.54, 1.807) is 0 Å². The van der Waals surface area contributed by atoms with Crippen LogP contribution in [-0.4, -0.2) is 48.7 Å². The molecular weight excluding hydrogens is 192 g/mol. The number of hydrogen-bond acceptors (Lipinski definition) is 3. The van der Waals surface area contributed by atoms with Crippen molar-refractivity contribution in [2.45, 2.75) is 26.7 Å². The Morgan fingerprint density at radius 2 is 2.33 bits per heavy atom. The molecule has 4 heteroatoms. The van der Waals surface area contributed by atoms with Crippen molar-refractivity contribution in [1.29, 1.82) is 0 Å². The first-order valence-electron chi connectivity index (χ1n) is 5.70. The molecule has 1 heterocycles. The summed E-state index contributed by atoms with van der Waals surface area (Å²) < 4.78 is 0. The topological polar surface area (TPSA) is 52.6 Å². The maximum atomic E-state index is 10.6. The Morgan fingerprint density at radius 3 is 2.93 bits per heavy atom. The van der Waals surface area contributed by atoms with Crippen LogP contribution >= 0.6 is 0 Å². The molecule has 1 fully saturated rings. The molecule has 0 spiro atoms. The lowest BCUT2D eigenvalue weighted by atomic mass is 9.86. The number of nitrogens with one attached hydrogen (secondary N) is 1. The average Bonchev–Trinajstić information content (AvgIpc) is 2.47. The van der Waals surface area contributed by atoms with Gasteiger partial charge in [-0.05, 0) is 37.9 Å². The zero-order chi connectivity index (χ0) is 11.3. The van der Waals surface area contributed by atoms with Crippen molar-refractivity contribution in [1.82, 2.24) is 10.2 Å². The lowest BCUT2D eigenvalue weighted by molar-refractivity contribution is -0.138. The summed E-state index contributed by atoms with van der Waals surface area (Å²) in [6.07, 6.45) is 2.25. The first-order chi connectivity index (χ1) is 7.06. The summed E-state index contributed by atoms with van der Waals surface area (Å²) in [4.78, 5) is 12.6. The predicted molar refractivity (Wildman–Crippen MR) is 60.0 cm³/mol. The Morgan fingerprint density at radius 1 is 1.60 bits per heavy atom. The van der Waals surface area contributed by atoms with Gasteiger partial charge in [0.15, 0.2) is 0 Å². The quantitative estimate of drug-likeness (QED) is 0.642. The Labute approximate surface area is 91.6 Å². The van der Waals surface area contributed by atoms with Crippen LogP contribution in [0.4, 0.5) is 0 Å². The highest BCUT2D eigenvalue weighted by molar-refractivity contribution is 5.69. The van der Waals surface area contributed by atoms with Crippen LogP contribution in [0.3, 0.4) is 0 Å². The summed E-state index contributed by atoms with van der Waals surface area (Å²) >= 11 is 0. The molecule has 1 rings (SSSR count). The van der Waals surface area contributed by atoms with E-state index >= 15 is 0 Å². The molecule has 0 radical (unpaired) electrons. The largest absolute Gasteiger partial charge is 0.480 e. The minimum Gasteiger partial charge on any atom is -0.480 e. The second-order valence-electron chi connectivity index (χ2n) is 4.77. The molecule has 1 aliphatic heterocycles. The third kappa shape index (κ3) is 4.18. The molecule has 2 N–H and O–H groups in total. The number of likely N-dealkylation sites (tertiary alicyclic amines) is 1. The normalized spacial score (nSPS) is 27.1. The van der Waals surface area contributed by atoms with E-state index in [2.05, 4.69) is 19.2 Å². The molecule has 0 aliphatic carbocycles. The third-order valence-corrected chi connectivity index (χ3v) is 3.15. The van der Waals surface area contributed by atoms with Gasteiger partial charge in [-0.1, -0.05) is 13.8 Å². The molecule has 0 saturated carbocycles. The highest BCUT2D eigenvalue weighted by atomic mass is 16.4. The van der Waals surface area contributed by atoms with Gasteiger partial charge in [0.2, 0.25) is 0 Å². The molecule has 1 atom stereocenters. The molecule has 1 aliphatic rings. The molecule has 0 aromatic carbocycles. The molecule has 4 nitrogen and oxygen atoms in total. The minimum atomic E-state index is -0.717. The van der Waals surface area contributed by atoms with Crippen LogP contribution in [0.25, 0.3) is 0 Å². The van der Waals surface area contributed by atoms with E-state index in [0.717, 1.165) is 39.0 Å². The van der Waals surface area contributed by atoms with Crippen LogP contribution in [-0.2, 0) is 4.79 Å². The molecule has 1 saturated heterocycles. The van der Waals surface area contributed by atoms with Gasteiger partial charge in [-0.15, -0.1) is 0 Å². The van der Waals surface area contributed by atoms with Gasteiger partial charge in [-0.25, -0.2) is 0 Å². The van der Waals surface area contributed by atoms with Crippen molar-refractivity contribution in [3.05, 3.63) is 0 Å². The predicted octanol–water partition coefficient (Wildman–Crippen LogP) is 0.783. The second-order valence-corrected chi connectivity index (χ2v) is 4.77. The number of carboxylic acid groups (broad SMARTS) is 1. The lowest BCUT2D eigenvalue weighted by Gasteiger charge is -2.24. The van der Waals surface area contributed by atoms with E-state index in [0.29, 0.717) is 5.41 Å². The summed E-state index contributed by atoms with van der Waals surface area (Å²) in [5, 5.41) is 12.0. The average molecular weight is 214 g/mol. The molecule has 0 aromatic heterocycles. The van der Waals surface area contributed by atoms with Gasteiger partial charge in [0.25, 0.3) is 0 Å². The van der Waals surface area contributed by atoms with Gasteiger partial charge in [0.05, 0.1) is 6.54 Å². The summed E-state index contributed by atoms with van der Waals surface area (Å²) in [5.74, 6) is -0.717. The first-order valence-corrected chi connectivity index (χ1v) is 5.70. The molecule has 0 bridgehead atoms. The molecule has 0 aromatic rings. The van der Waals surface area contributed by atoms with Crippen LogP contribution in [0, 0.1) is 5.41 Å². The van der Waals surface area contributed by atoms with Crippen molar-refractivity contribution in [2.75, 3.05) is 32.7 Å². The van der Waals surface area contributed by atoms with E-state index in [-0.39, 0.29) is 6.54 Å². The van der Waals surface area contributed by atoms with Gasteiger partial charge in [0.1, 0.15) is 0 Å². The maximum Gasteiger partial charge on any atom is 0.317 e. The van der Waals surface area contributed by atoms with E-state index in [1.807, 2.05) is 4.90 Å². The fraction of sp³-hybridized carbons (Fsp3) is 0.909. The number of aliphatic carboxylic acids is 1. The van der Waals surface area contributed by atoms with Crippen LogP contribution in [0.2, 0.25) is 0 Å². The highest BCUT2D eigenvalue weighted by Crippen LogP contribution is 2.32. The number of carbonyl (C=O) groups is 1. The zero-order valence-electron chi connectivity index (χ0n) is 9.75. The lowest BCUT2D eigenvalue weighted by Crippen LogP contribution is -2.31. The molecule has 1 unspecified atom stereocenters.